The van der Waals surface area contributed by atoms with Gasteiger partial charge in [-0.2, -0.15) is 14.8 Å². The van der Waals surface area contributed by atoms with Crippen molar-refractivity contribution < 1.29 is 22.7 Å². The molecule has 0 aliphatic heterocycles. The first-order valence-electron chi connectivity index (χ1n) is 16.0. The lowest BCUT2D eigenvalue weighted by Gasteiger charge is -2.25. The molecule has 0 unspecified atom stereocenters. The van der Waals surface area contributed by atoms with Crippen molar-refractivity contribution in [3.05, 3.63) is 60.5 Å². The molecule has 0 saturated heterocycles. The SMILES string of the molecule is CCCCCNc1ncc2c(-c3ccc(S(=O)(=O)NC4(C(=O)Nc5ccc(F)cc5)CC4)cc3)nn(CC3CCC(O)CC3)c2n1. The molecule has 2 aliphatic carbocycles. The summed E-state index contributed by atoms with van der Waals surface area (Å²) in [5.74, 6) is -0.00709. The van der Waals surface area contributed by atoms with E-state index in [0.29, 0.717) is 53.8 Å². The Morgan fingerprint density at radius 3 is 2.43 bits per heavy atom. The molecule has 2 saturated carbocycles. The standard InChI is InChI=1S/C33H40FN7O4S/c1-2-3-4-19-35-32-36-20-28-29(39-41(30(28)38-32)21-22-5-13-26(42)14-6-22)23-7-15-27(16-8-23)46(44,45)40-33(17-18-33)31(43)37-25-11-9-24(34)10-12-25/h7-12,15-16,20,22,26,40,42H,2-6,13-14,17-19,21H2,1H3,(H,37,43)(H,35,36,38). The van der Waals surface area contributed by atoms with Gasteiger partial charge in [0.25, 0.3) is 0 Å². The molecule has 0 radical (unpaired) electrons. The van der Waals surface area contributed by atoms with Crippen molar-refractivity contribution in [2.24, 2.45) is 5.92 Å². The minimum absolute atomic E-state index is 0.0245. The summed E-state index contributed by atoms with van der Waals surface area (Å²) in [4.78, 5) is 22.3. The number of carbonyl (C=O) groups is 1. The van der Waals surface area contributed by atoms with E-state index < -0.39 is 27.3 Å². The Hall–Kier alpha value is -3.94. The summed E-state index contributed by atoms with van der Waals surface area (Å²) < 4.78 is 44.5. The van der Waals surface area contributed by atoms with E-state index in [1.54, 1.807) is 18.3 Å². The van der Waals surface area contributed by atoms with Crippen molar-refractivity contribution in [3.8, 4) is 11.3 Å². The van der Waals surface area contributed by atoms with Crippen LogP contribution in [-0.4, -0.2) is 57.4 Å². The number of amides is 1. The van der Waals surface area contributed by atoms with Gasteiger partial charge in [0, 0.05) is 30.5 Å². The molecule has 2 aromatic carbocycles. The molecule has 46 heavy (non-hydrogen) atoms. The van der Waals surface area contributed by atoms with Gasteiger partial charge in [0.1, 0.15) is 17.1 Å². The second-order valence-electron chi connectivity index (χ2n) is 12.4. The van der Waals surface area contributed by atoms with Crippen LogP contribution in [0.2, 0.25) is 0 Å². The van der Waals surface area contributed by atoms with Gasteiger partial charge in [-0.15, -0.1) is 0 Å². The fourth-order valence-electron chi connectivity index (χ4n) is 5.92. The van der Waals surface area contributed by atoms with E-state index in [9.17, 15) is 22.7 Å². The normalized spacial score (nSPS) is 19.2. The van der Waals surface area contributed by atoms with Crippen LogP contribution in [0.5, 0.6) is 0 Å². The number of sulfonamides is 1. The zero-order chi connectivity index (χ0) is 32.3. The van der Waals surface area contributed by atoms with Crippen LogP contribution in [-0.2, 0) is 21.4 Å². The van der Waals surface area contributed by atoms with Crippen molar-refractivity contribution in [1.82, 2.24) is 24.5 Å². The third-order valence-corrected chi connectivity index (χ3v) is 10.4. The molecule has 0 atom stereocenters. The third-order valence-electron chi connectivity index (χ3n) is 8.85. The number of rotatable bonds is 13. The van der Waals surface area contributed by atoms with E-state index in [1.807, 2.05) is 4.68 Å². The highest BCUT2D eigenvalue weighted by molar-refractivity contribution is 7.89. The molecule has 1 amide bonds. The predicted molar refractivity (Wildman–Crippen MR) is 174 cm³/mol. The fourth-order valence-corrected chi connectivity index (χ4v) is 7.35. The monoisotopic (exact) mass is 649 g/mol. The van der Waals surface area contributed by atoms with Gasteiger partial charge in [0.2, 0.25) is 21.9 Å². The lowest BCUT2D eigenvalue weighted by molar-refractivity contribution is -0.118. The van der Waals surface area contributed by atoms with E-state index in [-0.39, 0.29) is 11.0 Å². The maximum Gasteiger partial charge on any atom is 0.245 e. The smallest absolute Gasteiger partial charge is 0.245 e. The first kappa shape index (κ1) is 32.0. The number of halogens is 1. The molecular weight excluding hydrogens is 609 g/mol. The molecule has 2 aliphatic rings. The molecule has 2 heterocycles. The largest absolute Gasteiger partial charge is 0.393 e. The molecule has 6 rings (SSSR count). The molecule has 2 aromatic heterocycles. The first-order chi connectivity index (χ1) is 22.2. The third kappa shape index (κ3) is 7.21. The van der Waals surface area contributed by atoms with E-state index in [4.69, 9.17) is 10.1 Å². The Labute approximate surface area is 268 Å². The zero-order valence-electron chi connectivity index (χ0n) is 25.9. The van der Waals surface area contributed by atoms with Crippen molar-refractivity contribution in [2.75, 3.05) is 17.2 Å². The summed E-state index contributed by atoms with van der Waals surface area (Å²) in [6.45, 7) is 3.60. The lowest BCUT2D eigenvalue weighted by atomic mass is 9.87. The molecule has 13 heteroatoms. The van der Waals surface area contributed by atoms with Gasteiger partial charge in [0.15, 0.2) is 5.65 Å². The van der Waals surface area contributed by atoms with Gasteiger partial charge in [-0.25, -0.2) is 22.5 Å². The van der Waals surface area contributed by atoms with Crippen molar-refractivity contribution in [1.29, 1.82) is 0 Å². The van der Waals surface area contributed by atoms with E-state index in [0.717, 1.165) is 56.9 Å². The van der Waals surface area contributed by atoms with E-state index in [1.165, 1.54) is 36.4 Å². The number of anilines is 2. The van der Waals surface area contributed by atoms with Gasteiger partial charge < -0.3 is 15.7 Å². The minimum Gasteiger partial charge on any atom is -0.393 e. The number of aliphatic hydroxyl groups is 1. The fraction of sp³-hybridized carbons (Fsp3) is 0.455. The van der Waals surface area contributed by atoms with Gasteiger partial charge in [0.05, 0.1) is 16.4 Å². The molecule has 0 spiro atoms. The van der Waals surface area contributed by atoms with Gasteiger partial charge in [-0.05, 0) is 87.3 Å². The number of hydrogen-bond donors (Lipinski definition) is 4. The number of nitrogens with zero attached hydrogens (tertiary/aromatic N) is 4. The topological polar surface area (TPSA) is 151 Å². The minimum atomic E-state index is -4.03. The number of aliphatic hydroxyl groups excluding tert-OH is 1. The van der Waals surface area contributed by atoms with E-state index >= 15 is 0 Å². The van der Waals surface area contributed by atoms with Crippen LogP contribution in [0.3, 0.4) is 0 Å². The Morgan fingerprint density at radius 1 is 1.04 bits per heavy atom. The number of aromatic nitrogens is 4. The maximum atomic E-state index is 13.4. The summed E-state index contributed by atoms with van der Waals surface area (Å²) in [6.07, 6.45) is 8.87. The first-order valence-corrected chi connectivity index (χ1v) is 17.5. The summed E-state index contributed by atoms with van der Waals surface area (Å²) in [6, 6.07) is 11.7. The van der Waals surface area contributed by atoms with Crippen molar-refractivity contribution >= 4 is 38.6 Å². The highest BCUT2D eigenvalue weighted by Crippen LogP contribution is 2.38. The summed E-state index contributed by atoms with van der Waals surface area (Å²) in [5.41, 5.74) is 1.20. The molecule has 4 aromatic rings. The number of fused-ring (bicyclic) bond motifs is 1. The van der Waals surface area contributed by atoms with Crippen LogP contribution in [0.4, 0.5) is 16.0 Å². The summed E-state index contributed by atoms with van der Waals surface area (Å²) >= 11 is 0. The highest BCUT2D eigenvalue weighted by atomic mass is 32.2. The Kier molecular flexibility index (Phi) is 9.34. The predicted octanol–water partition coefficient (Wildman–Crippen LogP) is 5.24. The molecule has 11 nitrogen and oxygen atoms in total. The van der Waals surface area contributed by atoms with Gasteiger partial charge in [-0.1, -0.05) is 31.9 Å². The number of carbonyl (C=O) groups excluding carboxylic acids is 1. The highest BCUT2D eigenvalue weighted by Gasteiger charge is 2.52. The lowest BCUT2D eigenvalue weighted by Crippen LogP contribution is -2.46. The Balaban J connectivity index is 1.22. The second-order valence-corrected chi connectivity index (χ2v) is 14.1. The van der Waals surface area contributed by atoms with Gasteiger partial charge >= 0.3 is 0 Å². The molecule has 244 valence electrons. The maximum absolute atomic E-state index is 13.4. The van der Waals surface area contributed by atoms with Crippen LogP contribution in [0, 0.1) is 11.7 Å². The average molecular weight is 650 g/mol. The number of nitrogens with one attached hydrogen (secondary N) is 3. The Morgan fingerprint density at radius 2 is 1.76 bits per heavy atom. The second kappa shape index (κ2) is 13.4. The number of unbranched alkanes of at least 4 members (excludes halogenated alkanes) is 2. The molecule has 2 fully saturated rings. The number of hydrogen-bond acceptors (Lipinski definition) is 8. The van der Waals surface area contributed by atoms with Crippen molar-refractivity contribution in [3.63, 3.8) is 0 Å². The quantitative estimate of drug-likeness (QED) is 0.144. The van der Waals surface area contributed by atoms with Crippen LogP contribution >= 0.6 is 0 Å². The Bertz CT molecular complexity index is 1780. The van der Waals surface area contributed by atoms with Crippen LogP contribution in [0.25, 0.3) is 22.3 Å². The molecular formula is C33H40FN7O4S. The zero-order valence-corrected chi connectivity index (χ0v) is 26.7. The molecule has 4 N–H and O–H groups in total. The summed E-state index contributed by atoms with van der Waals surface area (Å²) in [7, 11) is -4.03. The number of benzene rings is 2. The van der Waals surface area contributed by atoms with E-state index in [2.05, 4.69) is 27.3 Å². The van der Waals surface area contributed by atoms with Crippen LogP contribution < -0.4 is 15.4 Å². The van der Waals surface area contributed by atoms with Gasteiger partial charge in [-0.3, -0.25) is 4.79 Å². The van der Waals surface area contributed by atoms with Crippen LogP contribution in [0.15, 0.2) is 59.6 Å². The summed E-state index contributed by atoms with van der Waals surface area (Å²) in [5, 5.41) is 21.7. The van der Waals surface area contributed by atoms with Crippen LogP contribution in [0.1, 0.15) is 64.7 Å². The van der Waals surface area contributed by atoms with Crippen molar-refractivity contribution in [2.45, 2.75) is 87.8 Å². The average Bonchev–Trinajstić information content (AvgIpc) is 3.75. The molecule has 0 bridgehead atoms.